The summed E-state index contributed by atoms with van der Waals surface area (Å²) in [7, 11) is -7.85. The molecule has 548 valence electrons. The van der Waals surface area contributed by atoms with Crippen molar-refractivity contribution in [3.05, 3.63) is 23.0 Å². The molecular weight excluding hydrogens is 1370 g/mol. The number of ether oxygens (including phenoxy) is 13. The highest BCUT2D eigenvalue weighted by Crippen LogP contribution is 2.55. The number of amides is 2. The first-order valence-electron chi connectivity index (χ1n) is 33.7. The molecule has 0 N–H and O–H groups in total. The smallest absolute Gasteiger partial charge is 0.416 e. The summed E-state index contributed by atoms with van der Waals surface area (Å²) >= 11 is 13.1. The van der Waals surface area contributed by atoms with E-state index in [0.29, 0.717) is 40.3 Å². The summed E-state index contributed by atoms with van der Waals surface area (Å²) < 4.78 is 109. The van der Waals surface area contributed by atoms with Gasteiger partial charge in [0, 0.05) is 26.8 Å². The minimum Gasteiger partial charge on any atom is -0.464 e. The average molecular weight is 1470 g/mol. The van der Waals surface area contributed by atoms with Crippen molar-refractivity contribution in [3.8, 4) is 0 Å². The van der Waals surface area contributed by atoms with Gasteiger partial charge >= 0.3 is 24.1 Å². The number of hydrogen-bond acceptors (Lipinski definition) is 25. The second-order valence-corrected chi connectivity index (χ2v) is 43.6. The largest absolute Gasteiger partial charge is 0.464 e. The highest BCUT2D eigenvalue weighted by atomic mass is 35.5. The molecule has 29 nitrogen and oxygen atoms in total. The van der Waals surface area contributed by atoms with E-state index in [1.165, 1.54) is 31.3 Å². The topological polar surface area (TPSA) is 316 Å². The van der Waals surface area contributed by atoms with E-state index in [-0.39, 0.29) is 55.7 Å². The molecule has 34 heteroatoms. The Hall–Kier alpha value is -4.52. The summed E-state index contributed by atoms with van der Waals surface area (Å²) in [6, 6.07) is 0.583. The Balaban J connectivity index is 0.000000232. The Morgan fingerprint density at radius 1 is 0.653 bits per heavy atom. The van der Waals surface area contributed by atoms with Crippen molar-refractivity contribution in [2.24, 2.45) is 0 Å². The standard InChI is InChI=1S/C35H57ClN5O10PSi.C29H43ClN5O9P/c1-12-46-30(42)35(52(7,8)44,21-45-17-18-53(9,10)11)47-20-24-25-26(50-34(5,6)49-25)29(48-24)41-28-23(19-37-41)27(38-31(36)39-28)40(22-15-13-14-16-22)32(43)51-33(2,3)4;1-9-39-24(36)25(45(7,8)38)40-15-18-19-20(43-29(5,6)42-19)23(41-18)35-22-17(14-31-35)21(32-26(30)33-22)34(16-12-10-11-13-16)27(37)44-28(2,3)4/h19,22,24-26,29H,12-18,20-21H2,1-11H3;14,16,18-20,23,25H,9-13,15H2,1-8H3/t24-,25-,26-,29-,35?;18-,19-,20-,23-,25?/m11/s1. The minimum absolute atomic E-state index is 0.0710. The van der Waals surface area contributed by atoms with E-state index in [9.17, 15) is 28.3 Å². The molecule has 10 atom stereocenters. The van der Waals surface area contributed by atoms with E-state index in [4.69, 9.17) is 84.8 Å². The van der Waals surface area contributed by atoms with Gasteiger partial charge in [-0.3, -0.25) is 9.80 Å². The third-order valence-corrected chi connectivity index (χ3v) is 23.0. The molecule has 2 aliphatic carbocycles. The van der Waals surface area contributed by atoms with Crippen LogP contribution in [0.3, 0.4) is 0 Å². The van der Waals surface area contributed by atoms with Crippen LogP contribution in [0.25, 0.3) is 22.1 Å². The number of hydrogen-bond donors (Lipinski definition) is 0. The van der Waals surface area contributed by atoms with E-state index in [0.717, 1.165) is 57.4 Å². The van der Waals surface area contributed by atoms with Crippen LogP contribution in [-0.2, 0) is 80.3 Å². The maximum absolute atomic E-state index is 13.9. The molecule has 8 heterocycles. The van der Waals surface area contributed by atoms with Gasteiger partial charge in [0.05, 0.1) is 56.2 Å². The molecule has 6 fully saturated rings. The number of fused-ring (bicyclic) bond motifs is 4. The van der Waals surface area contributed by atoms with Gasteiger partial charge in [0.2, 0.25) is 21.8 Å². The lowest BCUT2D eigenvalue weighted by atomic mass is 10.1. The molecule has 4 aliphatic heterocycles. The van der Waals surface area contributed by atoms with Gasteiger partial charge in [0.25, 0.3) is 0 Å². The number of esters is 2. The predicted molar refractivity (Wildman–Crippen MR) is 368 cm³/mol. The molecule has 98 heavy (non-hydrogen) atoms. The Morgan fingerprint density at radius 2 is 1.07 bits per heavy atom. The first-order valence-corrected chi connectivity index (χ1v) is 43.4. The summed E-state index contributed by atoms with van der Waals surface area (Å²) in [4.78, 5) is 74.6. The average Bonchev–Trinajstić information content (AvgIpc) is 1.57. The third kappa shape index (κ3) is 17.9. The van der Waals surface area contributed by atoms with Gasteiger partial charge in [-0.25, -0.2) is 28.5 Å². The van der Waals surface area contributed by atoms with E-state index in [2.05, 4.69) is 49.8 Å². The van der Waals surface area contributed by atoms with Crippen molar-refractivity contribution in [1.29, 1.82) is 0 Å². The second-order valence-electron chi connectivity index (χ2n) is 30.5. The van der Waals surface area contributed by atoms with Crippen LogP contribution in [0.2, 0.25) is 36.3 Å². The van der Waals surface area contributed by atoms with Crippen LogP contribution in [-0.4, -0.2) is 221 Å². The molecule has 4 aromatic rings. The lowest BCUT2D eigenvalue weighted by Gasteiger charge is -2.36. The van der Waals surface area contributed by atoms with Crippen LogP contribution in [0.1, 0.15) is 147 Å². The number of halogens is 2. The van der Waals surface area contributed by atoms with Gasteiger partial charge in [-0.1, -0.05) is 45.3 Å². The molecule has 4 saturated heterocycles. The second kappa shape index (κ2) is 30.0. The van der Waals surface area contributed by atoms with Crippen molar-refractivity contribution >= 4 is 103 Å². The first kappa shape index (κ1) is 77.6. The van der Waals surface area contributed by atoms with Gasteiger partial charge in [0.15, 0.2) is 47.0 Å². The molecule has 0 radical (unpaired) electrons. The third-order valence-electron chi connectivity index (χ3n) is 17.3. The number of aromatic nitrogens is 8. The molecule has 2 amide bonds. The zero-order valence-electron chi connectivity index (χ0n) is 60.0. The molecule has 0 bridgehead atoms. The van der Waals surface area contributed by atoms with Crippen LogP contribution in [0.5, 0.6) is 0 Å². The van der Waals surface area contributed by atoms with Crippen molar-refractivity contribution in [2.75, 3.05) is 76.1 Å². The summed E-state index contributed by atoms with van der Waals surface area (Å²) in [5.74, 6) is -4.09. The maximum atomic E-state index is 13.9. The first-order chi connectivity index (χ1) is 45.5. The minimum atomic E-state index is -3.36. The molecule has 0 spiro atoms. The lowest BCUT2D eigenvalue weighted by molar-refractivity contribution is -0.209. The van der Waals surface area contributed by atoms with Crippen LogP contribution in [0, 0.1) is 0 Å². The number of carbonyl (C=O) groups is 4. The van der Waals surface area contributed by atoms with Crippen LogP contribution < -0.4 is 9.80 Å². The van der Waals surface area contributed by atoms with Gasteiger partial charge in [-0.05, 0) is 165 Å². The molecule has 0 aromatic carbocycles. The van der Waals surface area contributed by atoms with Gasteiger partial charge < -0.3 is 70.7 Å². The van der Waals surface area contributed by atoms with Crippen molar-refractivity contribution < 1.29 is 89.9 Å². The highest BCUT2D eigenvalue weighted by molar-refractivity contribution is 7.65. The van der Waals surface area contributed by atoms with E-state index in [1.807, 2.05) is 41.5 Å². The highest BCUT2D eigenvalue weighted by Gasteiger charge is 2.60. The van der Waals surface area contributed by atoms with Gasteiger partial charge in [0.1, 0.15) is 62.1 Å². The quantitative estimate of drug-likeness (QED) is 0.0166. The van der Waals surface area contributed by atoms with E-state index < -0.39 is 130 Å². The lowest BCUT2D eigenvalue weighted by Crippen LogP contribution is -2.49. The van der Waals surface area contributed by atoms with Crippen LogP contribution in [0.15, 0.2) is 12.4 Å². The van der Waals surface area contributed by atoms with Crippen LogP contribution in [0.4, 0.5) is 21.2 Å². The zero-order valence-corrected chi connectivity index (χ0v) is 64.3. The fraction of sp³-hybridized carbons (Fsp3) is 0.781. The fourth-order valence-corrected chi connectivity index (χ4v) is 16.3. The van der Waals surface area contributed by atoms with Crippen molar-refractivity contribution in [1.82, 2.24) is 39.5 Å². The van der Waals surface area contributed by atoms with Gasteiger partial charge in [-0.2, -0.15) is 30.1 Å². The van der Waals surface area contributed by atoms with Crippen molar-refractivity contribution in [3.63, 3.8) is 0 Å². The molecule has 6 aliphatic rings. The molecule has 2 unspecified atom stereocenters. The normalized spacial score (nSPS) is 25.2. The SMILES string of the molecule is CCOC(=O)C(COCC[Si](C)(C)C)(OC[C@H]1O[C@@H](n2ncc3c(N(C(=O)OC(C)(C)C)C4CCCC4)nc(Cl)nc32)[C@@H]2OC(C)(C)O[C@@H]21)P(C)(C)=O.CCOC(=O)C(OC[C@H]1O[C@@H](n2ncc3c(N(C(=O)OC(C)(C)C)C4CCCC4)nc(Cl)nc32)[C@@H]2OC(C)(C)O[C@@H]21)P(C)(C)=O. The molecule has 2 saturated carbocycles. The van der Waals surface area contributed by atoms with E-state index >= 15 is 0 Å². The Labute approximate surface area is 584 Å². The number of rotatable bonds is 23. The Kier molecular flexibility index (Phi) is 23.8. The molecule has 10 rings (SSSR count). The summed E-state index contributed by atoms with van der Waals surface area (Å²) in [5, 5.41) is 8.19. The maximum Gasteiger partial charge on any atom is 0.416 e. The Morgan fingerprint density at radius 3 is 1.46 bits per heavy atom. The molecule has 4 aromatic heterocycles. The summed E-state index contributed by atoms with van der Waals surface area (Å²) in [6.07, 6.45) is 3.21. The number of carbonyl (C=O) groups excluding carboxylic acids is 4. The zero-order chi connectivity index (χ0) is 72.0. The number of nitrogens with zero attached hydrogens (tertiary/aromatic N) is 10. The monoisotopic (exact) mass is 1470 g/mol. The van der Waals surface area contributed by atoms with Crippen molar-refractivity contribution in [2.45, 2.75) is 255 Å². The fourth-order valence-electron chi connectivity index (χ4n) is 12.9. The van der Waals surface area contributed by atoms with Gasteiger partial charge in [-0.15, -0.1) is 0 Å². The Bertz CT molecular complexity index is 3620. The predicted octanol–water partition coefficient (Wildman–Crippen LogP) is 11.9. The van der Waals surface area contributed by atoms with E-state index in [1.54, 1.807) is 68.4 Å². The summed E-state index contributed by atoms with van der Waals surface area (Å²) in [5.41, 5.74) is -0.821. The molecular formula is C64H100Cl2N10O19P2Si. The summed E-state index contributed by atoms with van der Waals surface area (Å²) in [6.45, 7) is 34.0. The number of anilines is 2. The van der Waals surface area contributed by atoms with Crippen LogP contribution >= 0.6 is 37.5 Å².